The van der Waals surface area contributed by atoms with E-state index in [4.69, 9.17) is 0 Å². The minimum Gasteiger partial charge on any atom is -0.268 e. The molecule has 0 fully saturated rings. The van der Waals surface area contributed by atoms with Crippen LogP contribution in [0.2, 0.25) is 0 Å². The minimum atomic E-state index is -3.92. The molecule has 0 aliphatic carbocycles. The van der Waals surface area contributed by atoms with E-state index < -0.39 is 15.9 Å². The fraction of sp³-hybridized carbons (Fsp3) is 0. The molecule has 0 aliphatic rings. The van der Waals surface area contributed by atoms with Gasteiger partial charge in [0.15, 0.2) is 0 Å². The van der Waals surface area contributed by atoms with Crippen LogP contribution in [0.3, 0.4) is 0 Å². The van der Waals surface area contributed by atoms with Crippen LogP contribution in [0.1, 0.15) is 10.4 Å². The van der Waals surface area contributed by atoms with Crippen LogP contribution < -0.4 is 4.72 Å². The number of sulfonamides is 1. The first-order chi connectivity index (χ1) is 11.1. The van der Waals surface area contributed by atoms with Gasteiger partial charge in [-0.3, -0.25) is 4.79 Å². The third-order valence-corrected chi connectivity index (χ3v) is 4.53. The molecule has 0 unspecified atom stereocenters. The molecule has 2 aromatic carbocycles. The van der Waals surface area contributed by atoms with E-state index in [0.29, 0.717) is 5.69 Å². The molecule has 3 rings (SSSR count). The van der Waals surface area contributed by atoms with Gasteiger partial charge in [0.05, 0.1) is 16.1 Å². The van der Waals surface area contributed by atoms with Crippen LogP contribution >= 0.6 is 0 Å². The highest BCUT2D eigenvalue weighted by molar-refractivity contribution is 7.90. The van der Waals surface area contributed by atoms with E-state index in [9.17, 15) is 13.2 Å². The molecule has 0 radical (unpaired) electrons. The Labute approximate surface area is 133 Å². The van der Waals surface area contributed by atoms with E-state index >= 15 is 0 Å². The molecule has 0 bridgehead atoms. The molecule has 1 N–H and O–H groups in total. The van der Waals surface area contributed by atoms with Crippen molar-refractivity contribution in [3.8, 4) is 5.69 Å². The number of nitrogens with one attached hydrogen (secondary N) is 1. The van der Waals surface area contributed by atoms with Gasteiger partial charge in [0.1, 0.15) is 0 Å². The summed E-state index contributed by atoms with van der Waals surface area (Å²) < 4.78 is 28.1. The third kappa shape index (κ3) is 3.14. The van der Waals surface area contributed by atoms with Gasteiger partial charge in [-0.2, -0.15) is 5.10 Å². The number of benzene rings is 2. The Morgan fingerprint density at radius 3 is 2.35 bits per heavy atom. The molecule has 6 nitrogen and oxygen atoms in total. The van der Waals surface area contributed by atoms with Gasteiger partial charge in [0.25, 0.3) is 15.9 Å². The maximum absolute atomic E-state index is 12.4. The Morgan fingerprint density at radius 1 is 0.957 bits per heavy atom. The van der Waals surface area contributed by atoms with E-state index in [0.717, 1.165) is 0 Å². The topological polar surface area (TPSA) is 81.1 Å². The molecule has 1 heterocycles. The first-order valence-corrected chi connectivity index (χ1v) is 8.27. The van der Waals surface area contributed by atoms with Crippen LogP contribution in [0.4, 0.5) is 0 Å². The summed E-state index contributed by atoms with van der Waals surface area (Å²) in [5.74, 6) is -0.708. The molecule has 0 spiro atoms. The Morgan fingerprint density at radius 2 is 1.65 bits per heavy atom. The molecule has 7 heteroatoms. The fourth-order valence-electron chi connectivity index (χ4n) is 2.11. The number of hydrogen-bond donors (Lipinski definition) is 1. The lowest BCUT2D eigenvalue weighted by Gasteiger charge is -2.10. The van der Waals surface area contributed by atoms with Gasteiger partial charge in [-0.25, -0.2) is 17.8 Å². The van der Waals surface area contributed by atoms with E-state index in [1.54, 1.807) is 60.9 Å². The molecule has 0 atom stereocenters. The van der Waals surface area contributed by atoms with Gasteiger partial charge in [0.2, 0.25) is 0 Å². The average Bonchev–Trinajstić information content (AvgIpc) is 3.09. The van der Waals surface area contributed by atoms with Crippen LogP contribution in [-0.2, 0) is 10.0 Å². The van der Waals surface area contributed by atoms with Crippen molar-refractivity contribution in [1.82, 2.24) is 14.5 Å². The number of amides is 1. The second-order valence-electron chi connectivity index (χ2n) is 4.72. The number of carbonyl (C=O) groups is 1. The van der Waals surface area contributed by atoms with Crippen molar-refractivity contribution < 1.29 is 13.2 Å². The van der Waals surface area contributed by atoms with Crippen LogP contribution in [0.5, 0.6) is 0 Å². The first kappa shape index (κ1) is 15.0. The van der Waals surface area contributed by atoms with Gasteiger partial charge in [-0.05, 0) is 30.3 Å². The van der Waals surface area contributed by atoms with Crippen LogP contribution in [0.15, 0.2) is 78.0 Å². The lowest BCUT2D eigenvalue weighted by atomic mass is 10.1. The predicted octanol–water partition coefficient (Wildman–Crippen LogP) is 1.99. The molecule has 3 aromatic rings. The van der Waals surface area contributed by atoms with Crippen molar-refractivity contribution in [2.75, 3.05) is 0 Å². The summed E-state index contributed by atoms with van der Waals surface area (Å²) in [4.78, 5) is 12.5. The number of carbonyl (C=O) groups excluding carboxylic acids is 1. The van der Waals surface area contributed by atoms with Crippen molar-refractivity contribution in [2.45, 2.75) is 4.90 Å². The molecule has 23 heavy (non-hydrogen) atoms. The molecule has 1 amide bonds. The summed E-state index contributed by atoms with van der Waals surface area (Å²) >= 11 is 0. The van der Waals surface area contributed by atoms with E-state index in [1.165, 1.54) is 16.8 Å². The van der Waals surface area contributed by atoms with Crippen molar-refractivity contribution in [3.05, 3.63) is 78.6 Å². The molecule has 1 aromatic heterocycles. The zero-order valence-corrected chi connectivity index (χ0v) is 12.8. The van der Waals surface area contributed by atoms with Crippen LogP contribution in [-0.4, -0.2) is 24.1 Å². The molecule has 0 aliphatic heterocycles. The lowest BCUT2D eigenvalue weighted by molar-refractivity contribution is 0.0981. The minimum absolute atomic E-state index is 0.0323. The highest BCUT2D eigenvalue weighted by Gasteiger charge is 2.20. The summed E-state index contributed by atoms with van der Waals surface area (Å²) in [5, 5.41) is 4.07. The van der Waals surface area contributed by atoms with Crippen molar-refractivity contribution >= 4 is 15.9 Å². The number of hydrogen-bond acceptors (Lipinski definition) is 4. The lowest BCUT2D eigenvalue weighted by Crippen LogP contribution is -2.31. The molecular formula is C16H13N3O3S. The average molecular weight is 327 g/mol. The van der Waals surface area contributed by atoms with Gasteiger partial charge >= 0.3 is 0 Å². The Kier molecular flexibility index (Phi) is 3.94. The van der Waals surface area contributed by atoms with E-state index in [2.05, 4.69) is 9.82 Å². The summed E-state index contributed by atoms with van der Waals surface area (Å²) in [5.41, 5.74) is 0.717. The van der Waals surface area contributed by atoms with Crippen molar-refractivity contribution in [2.24, 2.45) is 0 Å². The smallest absolute Gasteiger partial charge is 0.267 e. The predicted molar refractivity (Wildman–Crippen MR) is 84.7 cm³/mol. The SMILES string of the molecule is O=C(NS(=O)(=O)c1ccccc1)c1ccccc1-n1cccn1. The summed E-state index contributed by atoms with van der Waals surface area (Å²) in [6.07, 6.45) is 3.26. The zero-order valence-electron chi connectivity index (χ0n) is 12.0. The number of para-hydroxylation sites is 1. The first-order valence-electron chi connectivity index (χ1n) is 6.79. The second-order valence-corrected chi connectivity index (χ2v) is 6.40. The normalized spacial score (nSPS) is 11.1. The van der Waals surface area contributed by atoms with Gasteiger partial charge in [0, 0.05) is 12.4 Å². The van der Waals surface area contributed by atoms with Crippen molar-refractivity contribution in [1.29, 1.82) is 0 Å². The van der Waals surface area contributed by atoms with Gasteiger partial charge in [-0.1, -0.05) is 30.3 Å². The Hall–Kier alpha value is -2.93. The maximum Gasteiger partial charge on any atom is 0.267 e. The van der Waals surface area contributed by atoms with E-state index in [-0.39, 0.29) is 10.5 Å². The quantitative estimate of drug-likeness (QED) is 0.794. The summed E-state index contributed by atoms with van der Waals surface area (Å²) in [6, 6.07) is 16.1. The standard InChI is InChI=1S/C16H13N3O3S/c20-16(18-23(21,22)13-7-2-1-3-8-13)14-9-4-5-10-15(14)19-12-6-11-17-19/h1-12H,(H,18,20). The number of aromatic nitrogens is 2. The highest BCUT2D eigenvalue weighted by atomic mass is 32.2. The second kappa shape index (κ2) is 6.05. The molecular weight excluding hydrogens is 314 g/mol. The Bertz CT molecular complexity index is 920. The summed E-state index contributed by atoms with van der Waals surface area (Å²) in [7, 11) is -3.92. The number of nitrogens with zero attached hydrogens (tertiary/aromatic N) is 2. The molecule has 0 saturated carbocycles. The number of rotatable bonds is 4. The van der Waals surface area contributed by atoms with E-state index in [1.807, 2.05) is 0 Å². The maximum atomic E-state index is 12.4. The molecule has 0 saturated heterocycles. The highest BCUT2D eigenvalue weighted by Crippen LogP contribution is 2.15. The van der Waals surface area contributed by atoms with Gasteiger partial charge in [-0.15, -0.1) is 0 Å². The fourth-order valence-corrected chi connectivity index (χ4v) is 3.10. The third-order valence-electron chi connectivity index (χ3n) is 3.18. The van der Waals surface area contributed by atoms with Crippen LogP contribution in [0.25, 0.3) is 5.69 Å². The summed E-state index contributed by atoms with van der Waals surface area (Å²) in [6.45, 7) is 0. The van der Waals surface area contributed by atoms with Crippen LogP contribution in [0, 0.1) is 0 Å². The van der Waals surface area contributed by atoms with Crippen molar-refractivity contribution in [3.63, 3.8) is 0 Å². The largest absolute Gasteiger partial charge is 0.268 e. The molecule has 116 valence electrons. The zero-order chi connectivity index (χ0) is 16.3. The monoisotopic (exact) mass is 327 g/mol. The Balaban J connectivity index is 1.94. The van der Waals surface area contributed by atoms with Gasteiger partial charge < -0.3 is 0 Å².